The highest BCUT2D eigenvalue weighted by atomic mass is 16.5. The monoisotopic (exact) mass is 267 g/mol. The van der Waals surface area contributed by atoms with Gasteiger partial charge >= 0.3 is 6.09 Å². The molecule has 2 aromatic rings. The van der Waals surface area contributed by atoms with E-state index in [1.165, 1.54) is 0 Å². The molecule has 1 amide bonds. The summed E-state index contributed by atoms with van der Waals surface area (Å²) in [7, 11) is 0. The maximum absolute atomic E-state index is 11.8. The predicted octanol–water partition coefficient (Wildman–Crippen LogP) is 4.39. The number of carbonyl (C=O) groups is 1. The molecule has 1 N–H and O–H groups in total. The zero-order valence-electron chi connectivity index (χ0n) is 11.4. The summed E-state index contributed by atoms with van der Waals surface area (Å²) in [4.78, 5) is 11.8. The van der Waals surface area contributed by atoms with Crippen molar-refractivity contribution in [2.45, 2.75) is 13.5 Å². The number of carbonyl (C=O) groups excluding carboxylic acids is 1. The van der Waals surface area contributed by atoms with Gasteiger partial charge in [-0.3, -0.25) is 5.32 Å². The Labute approximate surface area is 118 Å². The fourth-order valence-electron chi connectivity index (χ4n) is 1.83. The molecule has 3 nitrogen and oxygen atoms in total. The lowest BCUT2D eigenvalue weighted by Crippen LogP contribution is -2.14. The predicted molar refractivity (Wildman–Crippen MR) is 81.5 cm³/mol. The minimum atomic E-state index is -0.471. The molecule has 0 aliphatic carbocycles. The fraction of sp³-hybridized carbons (Fsp3) is 0.118. The average molecular weight is 267 g/mol. The molecule has 20 heavy (non-hydrogen) atoms. The summed E-state index contributed by atoms with van der Waals surface area (Å²) in [5, 5.41) is 2.73. The van der Waals surface area contributed by atoms with E-state index in [2.05, 4.69) is 11.9 Å². The van der Waals surface area contributed by atoms with Crippen molar-refractivity contribution < 1.29 is 9.53 Å². The third-order valence-corrected chi connectivity index (χ3v) is 2.88. The maximum atomic E-state index is 11.8. The van der Waals surface area contributed by atoms with Gasteiger partial charge in [0, 0.05) is 0 Å². The highest BCUT2D eigenvalue weighted by Crippen LogP contribution is 2.18. The van der Waals surface area contributed by atoms with Crippen molar-refractivity contribution in [2.75, 3.05) is 5.32 Å². The molecule has 0 unspecified atom stereocenters. The molecule has 0 aliphatic rings. The highest BCUT2D eigenvalue weighted by Gasteiger charge is 2.06. The van der Waals surface area contributed by atoms with Crippen molar-refractivity contribution in [3.63, 3.8) is 0 Å². The van der Waals surface area contributed by atoms with Gasteiger partial charge in [0.25, 0.3) is 0 Å². The number of amides is 1. The van der Waals surface area contributed by atoms with Crippen molar-refractivity contribution in [3.8, 4) is 0 Å². The first kappa shape index (κ1) is 13.9. The number of rotatable bonds is 4. The van der Waals surface area contributed by atoms with E-state index in [-0.39, 0.29) is 6.61 Å². The highest BCUT2D eigenvalue weighted by molar-refractivity contribution is 5.87. The number of hydrogen-bond donors (Lipinski definition) is 1. The zero-order valence-corrected chi connectivity index (χ0v) is 11.4. The van der Waals surface area contributed by atoms with Gasteiger partial charge in [0.2, 0.25) is 0 Å². The molecular formula is C17H17NO2. The molecule has 102 valence electrons. The number of anilines is 1. The molecule has 3 heteroatoms. The van der Waals surface area contributed by atoms with Gasteiger partial charge in [-0.15, -0.1) is 0 Å². The van der Waals surface area contributed by atoms with E-state index in [4.69, 9.17) is 4.74 Å². The van der Waals surface area contributed by atoms with E-state index in [9.17, 15) is 4.79 Å². The first-order valence-electron chi connectivity index (χ1n) is 6.40. The van der Waals surface area contributed by atoms with E-state index >= 15 is 0 Å². The molecule has 0 aromatic heterocycles. The number of ether oxygens (including phenoxy) is 1. The number of hydrogen-bond acceptors (Lipinski definition) is 2. The third-order valence-electron chi connectivity index (χ3n) is 2.88. The summed E-state index contributed by atoms with van der Waals surface area (Å²) >= 11 is 0. The SMILES string of the molecule is C=Cc1cc(C)ccc1NC(=O)OCc1ccccc1. The number of benzene rings is 2. The van der Waals surface area contributed by atoms with Crippen LogP contribution in [0.2, 0.25) is 0 Å². The normalized spacial score (nSPS) is 9.85. The van der Waals surface area contributed by atoms with Crippen LogP contribution in [0.5, 0.6) is 0 Å². The Kier molecular flexibility index (Phi) is 4.56. The molecule has 0 fully saturated rings. The van der Waals surface area contributed by atoms with Crippen molar-refractivity contribution in [2.24, 2.45) is 0 Å². The molecule has 0 saturated heterocycles. The lowest BCUT2D eigenvalue weighted by molar-refractivity contribution is 0.155. The first-order chi connectivity index (χ1) is 9.69. The minimum absolute atomic E-state index is 0.252. The molecule has 0 atom stereocenters. The first-order valence-corrected chi connectivity index (χ1v) is 6.40. The summed E-state index contributed by atoms with van der Waals surface area (Å²) in [5.74, 6) is 0. The van der Waals surface area contributed by atoms with Crippen LogP contribution in [0, 0.1) is 6.92 Å². The molecule has 2 aromatic carbocycles. The quantitative estimate of drug-likeness (QED) is 0.892. The third kappa shape index (κ3) is 3.72. The van der Waals surface area contributed by atoms with Gasteiger partial charge < -0.3 is 4.74 Å². The Balaban J connectivity index is 1.96. The van der Waals surface area contributed by atoms with E-state index in [0.717, 1.165) is 16.7 Å². The summed E-state index contributed by atoms with van der Waals surface area (Å²) in [6.07, 6.45) is 1.24. The van der Waals surface area contributed by atoms with Gasteiger partial charge in [-0.25, -0.2) is 4.79 Å². The molecule has 0 bridgehead atoms. The number of nitrogens with one attached hydrogen (secondary N) is 1. The van der Waals surface area contributed by atoms with Crippen LogP contribution < -0.4 is 5.32 Å². The molecule has 2 rings (SSSR count). The van der Waals surface area contributed by atoms with Gasteiger partial charge in [-0.2, -0.15) is 0 Å². The number of aryl methyl sites for hydroxylation is 1. The Hall–Kier alpha value is -2.55. The van der Waals surface area contributed by atoms with Crippen molar-refractivity contribution in [1.29, 1.82) is 0 Å². The average Bonchev–Trinajstić information content (AvgIpc) is 2.48. The van der Waals surface area contributed by atoms with Gasteiger partial charge in [0.15, 0.2) is 0 Å². The lowest BCUT2D eigenvalue weighted by atomic mass is 10.1. The van der Waals surface area contributed by atoms with Crippen LogP contribution in [0.3, 0.4) is 0 Å². The molecule has 0 saturated carbocycles. The van der Waals surface area contributed by atoms with Gasteiger partial charge in [-0.1, -0.05) is 54.6 Å². The van der Waals surface area contributed by atoms with Crippen molar-refractivity contribution in [3.05, 3.63) is 71.8 Å². The second kappa shape index (κ2) is 6.57. The molecule has 0 heterocycles. The molecule has 0 aliphatic heterocycles. The molecule has 0 radical (unpaired) electrons. The van der Waals surface area contributed by atoms with Crippen LogP contribution in [0.25, 0.3) is 6.08 Å². The zero-order chi connectivity index (χ0) is 14.4. The Morgan fingerprint density at radius 3 is 2.70 bits per heavy atom. The van der Waals surface area contributed by atoms with Gasteiger partial charge in [0.1, 0.15) is 6.61 Å². The standard InChI is InChI=1S/C17H17NO2/c1-3-15-11-13(2)9-10-16(15)18-17(19)20-12-14-7-5-4-6-8-14/h3-11H,1,12H2,2H3,(H,18,19). The minimum Gasteiger partial charge on any atom is -0.444 e. The second-order valence-electron chi connectivity index (χ2n) is 4.48. The van der Waals surface area contributed by atoms with Crippen LogP contribution >= 0.6 is 0 Å². The summed E-state index contributed by atoms with van der Waals surface area (Å²) in [6, 6.07) is 15.3. The second-order valence-corrected chi connectivity index (χ2v) is 4.48. The molecular weight excluding hydrogens is 250 g/mol. The fourth-order valence-corrected chi connectivity index (χ4v) is 1.83. The van der Waals surface area contributed by atoms with E-state index in [1.54, 1.807) is 6.08 Å². The van der Waals surface area contributed by atoms with Crippen LogP contribution in [-0.4, -0.2) is 6.09 Å². The Morgan fingerprint density at radius 1 is 1.25 bits per heavy atom. The van der Waals surface area contributed by atoms with Crippen molar-refractivity contribution >= 4 is 17.9 Å². The van der Waals surface area contributed by atoms with Crippen molar-refractivity contribution in [1.82, 2.24) is 0 Å². The van der Waals surface area contributed by atoms with Crippen LogP contribution in [0.4, 0.5) is 10.5 Å². The van der Waals surface area contributed by atoms with Crippen LogP contribution in [-0.2, 0) is 11.3 Å². The van der Waals surface area contributed by atoms with Crippen LogP contribution in [0.15, 0.2) is 55.1 Å². The summed E-state index contributed by atoms with van der Waals surface area (Å²) < 4.78 is 5.18. The smallest absolute Gasteiger partial charge is 0.411 e. The Morgan fingerprint density at radius 2 is 2.00 bits per heavy atom. The lowest BCUT2D eigenvalue weighted by Gasteiger charge is -2.10. The summed E-state index contributed by atoms with van der Waals surface area (Å²) in [6.45, 7) is 5.98. The van der Waals surface area contributed by atoms with Crippen LogP contribution in [0.1, 0.15) is 16.7 Å². The van der Waals surface area contributed by atoms with E-state index < -0.39 is 6.09 Å². The summed E-state index contributed by atoms with van der Waals surface area (Å²) in [5.41, 5.74) is 3.64. The maximum Gasteiger partial charge on any atom is 0.411 e. The van der Waals surface area contributed by atoms with Gasteiger partial charge in [-0.05, 0) is 30.2 Å². The van der Waals surface area contributed by atoms with Gasteiger partial charge in [0.05, 0.1) is 5.69 Å². The van der Waals surface area contributed by atoms with E-state index in [1.807, 2.05) is 55.5 Å². The topological polar surface area (TPSA) is 38.3 Å². The Bertz CT molecular complexity index is 606. The van der Waals surface area contributed by atoms with E-state index in [0.29, 0.717) is 5.69 Å². The molecule has 0 spiro atoms. The largest absolute Gasteiger partial charge is 0.444 e.